The summed E-state index contributed by atoms with van der Waals surface area (Å²) < 4.78 is 4.77. The molecule has 1 aliphatic rings. The maximum atomic E-state index is 10.1. The molecular formula is C5H7NO3. The molecule has 4 heteroatoms. The van der Waals surface area contributed by atoms with E-state index in [0.717, 1.165) is 0 Å². The number of ether oxygens (including phenoxy) is 1. The zero-order valence-electron chi connectivity index (χ0n) is 5.00. The van der Waals surface area contributed by atoms with E-state index < -0.39 is 12.1 Å². The molecule has 0 aromatic carbocycles. The fourth-order valence-corrected chi connectivity index (χ4v) is 0.620. The number of carbonyl (C=O) groups is 1. The highest BCUT2D eigenvalue weighted by atomic mass is 16.5. The lowest BCUT2D eigenvalue weighted by molar-refractivity contribution is -0.144. The first-order chi connectivity index (χ1) is 4.20. The summed E-state index contributed by atoms with van der Waals surface area (Å²) in [6, 6.07) is 0. The molecule has 0 aromatic rings. The van der Waals surface area contributed by atoms with Gasteiger partial charge in [0.15, 0.2) is 5.90 Å². The second kappa shape index (κ2) is 2.05. The molecule has 0 saturated carbocycles. The van der Waals surface area contributed by atoms with Crippen LogP contribution < -0.4 is 0 Å². The number of aliphatic imine (C=N–C) groups is 1. The lowest BCUT2D eigenvalue weighted by Gasteiger charge is -2.01. The van der Waals surface area contributed by atoms with E-state index >= 15 is 0 Å². The Kier molecular flexibility index (Phi) is 1.38. The molecule has 1 atom stereocenters. The van der Waals surface area contributed by atoms with Crippen LogP contribution in [-0.2, 0) is 9.53 Å². The van der Waals surface area contributed by atoms with Crippen molar-refractivity contribution in [2.45, 2.75) is 13.0 Å². The van der Waals surface area contributed by atoms with Crippen molar-refractivity contribution in [2.24, 2.45) is 4.99 Å². The van der Waals surface area contributed by atoms with Crippen molar-refractivity contribution in [3.63, 3.8) is 0 Å². The molecule has 0 aliphatic carbocycles. The molecule has 0 radical (unpaired) electrons. The average molecular weight is 129 g/mol. The number of hydrogen-bond acceptors (Lipinski definition) is 3. The van der Waals surface area contributed by atoms with Gasteiger partial charge in [0, 0.05) is 6.92 Å². The largest absolute Gasteiger partial charge is 0.478 e. The molecule has 1 rings (SSSR count). The molecule has 1 aliphatic heterocycles. The van der Waals surface area contributed by atoms with Gasteiger partial charge in [0.05, 0.1) is 6.54 Å². The van der Waals surface area contributed by atoms with Crippen molar-refractivity contribution in [3.05, 3.63) is 0 Å². The molecule has 0 spiro atoms. The molecule has 4 nitrogen and oxygen atoms in total. The minimum absolute atomic E-state index is 0.251. The van der Waals surface area contributed by atoms with Gasteiger partial charge in [-0.25, -0.2) is 4.79 Å². The van der Waals surface area contributed by atoms with Gasteiger partial charge in [-0.3, -0.25) is 4.99 Å². The third kappa shape index (κ3) is 1.19. The third-order valence-corrected chi connectivity index (χ3v) is 1.07. The molecule has 50 valence electrons. The first-order valence-electron chi connectivity index (χ1n) is 2.60. The molecule has 0 saturated heterocycles. The first kappa shape index (κ1) is 6.07. The number of carboxylic acids is 1. The molecule has 1 unspecified atom stereocenters. The van der Waals surface area contributed by atoms with E-state index in [1.54, 1.807) is 6.92 Å². The standard InChI is InChI=1S/C5H7NO3/c1-3-6-2-4(9-3)5(7)8/h4H,2H2,1H3,(H,7,8). The molecule has 0 amide bonds. The molecule has 9 heavy (non-hydrogen) atoms. The topological polar surface area (TPSA) is 58.9 Å². The Morgan fingerprint density at radius 2 is 2.67 bits per heavy atom. The van der Waals surface area contributed by atoms with E-state index in [-0.39, 0.29) is 6.54 Å². The summed E-state index contributed by atoms with van der Waals surface area (Å²) >= 11 is 0. The molecule has 1 N–H and O–H groups in total. The van der Waals surface area contributed by atoms with Crippen molar-refractivity contribution >= 4 is 11.9 Å². The van der Waals surface area contributed by atoms with Gasteiger partial charge in [0.25, 0.3) is 0 Å². The van der Waals surface area contributed by atoms with Crippen molar-refractivity contribution in [1.82, 2.24) is 0 Å². The lowest BCUT2D eigenvalue weighted by atomic mass is 10.4. The van der Waals surface area contributed by atoms with E-state index in [0.29, 0.717) is 5.90 Å². The zero-order valence-corrected chi connectivity index (χ0v) is 5.00. The van der Waals surface area contributed by atoms with E-state index in [4.69, 9.17) is 9.84 Å². The van der Waals surface area contributed by atoms with Gasteiger partial charge < -0.3 is 9.84 Å². The number of hydrogen-bond donors (Lipinski definition) is 1. The van der Waals surface area contributed by atoms with Crippen LogP contribution in [0.25, 0.3) is 0 Å². The summed E-state index contributed by atoms with van der Waals surface area (Å²) in [5.41, 5.74) is 0. The molecule has 1 heterocycles. The highest BCUT2D eigenvalue weighted by Crippen LogP contribution is 2.03. The van der Waals surface area contributed by atoms with Gasteiger partial charge in [-0.05, 0) is 0 Å². The highest BCUT2D eigenvalue weighted by molar-refractivity contribution is 5.82. The minimum atomic E-state index is -0.949. The van der Waals surface area contributed by atoms with Crippen LogP contribution in [0.15, 0.2) is 4.99 Å². The Labute approximate surface area is 52.2 Å². The SMILES string of the molecule is CC1=NCC(C(=O)O)O1. The molecule has 0 fully saturated rings. The smallest absolute Gasteiger partial charge is 0.346 e. The van der Waals surface area contributed by atoms with Crippen LogP contribution >= 0.6 is 0 Å². The second-order valence-electron chi connectivity index (χ2n) is 1.80. The van der Waals surface area contributed by atoms with Crippen LogP contribution in [0.4, 0.5) is 0 Å². The van der Waals surface area contributed by atoms with Crippen LogP contribution in [0.3, 0.4) is 0 Å². The summed E-state index contributed by atoms with van der Waals surface area (Å²) in [4.78, 5) is 13.9. The lowest BCUT2D eigenvalue weighted by Crippen LogP contribution is -2.23. The fourth-order valence-electron chi connectivity index (χ4n) is 0.620. The quantitative estimate of drug-likeness (QED) is 0.537. The third-order valence-electron chi connectivity index (χ3n) is 1.07. The van der Waals surface area contributed by atoms with Crippen LogP contribution in [-0.4, -0.2) is 29.6 Å². The monoisotopic (exact) mass is 129 g/mol. The van der Waals surface area contributed by atoms with Gasteiger partial charge >= 0.3 is 5.97 Å². The van der Waals surface area contributed by atoms with E-state index in [2.05, 4.69) is 4.99 Å². The van der Waals surface area contributed by atoms with Gasteiger partial charge in [-0.15, -0.1) is 0 Å². The predicted molar refractivity (Wildman–Crippen MR) is 30.5 cm³/mol. The van der Waals surface area contributed by atoms with Crippen molar-refractivity contribution < 1.29 is 14.6 Å². The normalized spacial score (nSPS) is 25.0. The molecule has 0 aromatic heterocycles. The fraction of sp³-hybridized carbons (Fsp3) is 0.600. The predicted octanol–water partition coefficient (Wildman–Crippen LogP) is -0.112. The first-order valence-corrected chi connectivity index (χ1v) is 2.60. The van der Waals surface area contributed by atoms with Gasteiger partial charge in [-0.1, -0.05) is 0 Å². The Hall–Kier alpha value is -1.06. The van der Waals surface area contributed by atoms with Crippen LogP contribution in [0.1, 0.15) is 6.92 Å². The molecular weight excluding hydrogens is 122 g/mol. The van der Waals surface area contributed by atoms with Crippen LogP contribution in [0.5, 0.6) is 0 Å². The highest BCUT2D eigenvalue weighted by Gasteiger charge is 2.23. The molecule has 0 bridgehead atoms. The van der Waals surface area contributed by atoms with Gasteiger partial charge in [0.2, 0.25) is 6.10 Å². The van der Waals surface area contributed by atoms with E-state index in [9.17, 15) is 4.79 Å². The Bertz CT molecular complexity index is 164. The summed E-state index contributed by atoms with van der Waals surface area (Å²) in [5.74, 6) is -0.488. The van der Waals surface area contributed by atoms with Crippen molar-refractivity contribution in [3.8, 4) is 0 Å². The summed E-state index contributed by atoms with van der Waals surface area (Å²) in [6.07, 6.45) is -0.745. The second-order valence-corrected chi connectivity index (χ2v) is 1.80. The average Bonchev–Trinajstić information content (AvgIpc) is 2.14. The van der Waals surface area contributed by atoms with Gasteiger partial charge in [-0.2, -0.15) is 0 Å². The Balaban J connectivity index is 2.47. The van der Waals surface area contributed by atoms with E-state index in [1.807, 2.05) is 0 Å². The van der Waals surface area contributed by atoms with Crippen LogP contribution in [0, 0.1) is 0 Å². The van der Waals surface area contributed by atoms with Gasteiger partial charge in [0.1, 0.15) is 0 Å². The summed E-state index contributed by atoms with van der Waals surface area (Å²) in [6.45, 7) is 1.89. The Morgan fingerprint density at radius 1 is 2.00 bits per heavy atom. The van der Waals surface area contributed by atoms with E-state index in [1.165, 1.54) is 0 Å². The Morgan fingerprint density at radius 3 is 2.89 bits per heavy atom. The zero-order chi connectivity index (χ0) is 6.85. The number of nitrogens with zero attached hydrogens (tertiary/aromatic N) is 1. The number of carboxylic acid groups (broad SMARTS) is 1. The maximum absolute atomic E-state index is 10.1. The van der Waals surface area contributed by atoms with Crippen molar-refractivity contribution in [1.29, 1.82) is 0 Å². The van der Waals surface area contributed by atoms with Crippen LogP contribution in [0.2, 0.25) is 0 Å². The minimum Gasteiger partial charge on any atom is -0.478 e. The van der Waals surface area contributed by atoms with Crippen molar-refractivity contribution in [2.75, 3.05) is 6.54 Å². The number of aliphatic carboxylic acids is 1. The number of rotatable bonds is 1. The maximum Gasteiger partial charge on any atom is 0.346 e. The summed E-state index contributed by atoms with van der Waals surface area (Å²) in [7, 11) is 0. The summed E-state index contributed by atoms with van der Waals surface area (Å²) in [5, 5.41) is 8.33.